The second-order valence-electron chi connectivity index (χ2n) is 11.9. The Morgan fingerprint density at radius 1 is 1.07 bits per heavy atom. The first-order valence-electron chi connectivity index (χ1n) is 14.5. The molecule has 4 aromatic rings. The van der Waals surface area contributed by atoms with Crippen molar-refractivity contribution in [2.45, 2.75) is 33.1 Å². The number of hydrogen-bond donors (Lipinski definition) is 3. The molecule has 230 valence electrons. The number of benzene rings is 3. The molecule has 10 heteroatoms. The average Bonchev–Trinajstić information content (AvgIpc) is 3.41. The molecule has 44 heavy (non-hydrogen) atoms. The van der Waals surface area contributed by atoms with Gasteiger partial charge in [-0.05, 0) is 78.6 Å². The van der Waals surface area contributed by atoms with Crippen molar-refractivity contribution >= 4 is 50.2 Å². The van der Waals surface area contributed by atoms with Crippen LogP contribution in [0.2, 0.25) is 5.02 Å². The van der Waals surface area contributed by atoms with Crippen LogP contribution in [0.5, 0.6) is 0 Å². The highest BCUT2D eigenvalue weighted by Crippen LogP contribution is 2.38. The highest BCUT2D eigenvalue weighted by atomic mass is 35.5. The zero-order chi connectivity index (χ0) is 31.5. The average molecular weight is 635 g/mol. The second kappa shape index (κ2) is 13.0. The van der Waals surface area contributed by atoms with Crippen LogP contribution in [-0.2, 0) is 21.3 Å². The van der Waals surface area contributed by atoms with Crippen LogP contribution in [0, 0.1) is 17.3 Å². The quantitative estimate of drug-likeness (QED) is 0.126. The SMILES string of the molecule is CC1(C)C=CC(C(Cc2ccc(C(=O)NCCS(=O)(=O)O)cc2)C(=O)Nc2ccc(-c3cc4ccccc4o3)cc2Cl)CC1. The molecule has 1 aliphatic carbocycles. The third-order valence-corrected chi connectivity index (χ3v) is 9.06. The first-order chi connectivity index (χ1) is 20.9. The Labute approximate surface area is 262 Å². The molecule has 8 nitrogen and oxygen atoms in total. The first kappa shape index (κ1) is 31.5. The van der Waals surface area contributed by atoms with E-state index in [1.54, 1.807) is 36.4 Å². The fourth-order valence-corrected chi connectivity index (χ4v) is 6.02. The summed E-state index contributed by atoms with van der Waals surface area (Å²) in [6.45, 7) is 4.16. The Balaban J connectivity index is 1.32. The predicted octanol–water partition coefficient (Wildman–Crippen LogP) is 7.16. The number of para-hydroxylation sites is 1. The molecule has 1 heterocycles. The van der Waals surface area contributed by atoms with Crippen molar-refractivity contribution < 1.29 is 27.0 Å². The highest BCUT2D eigenvalue weighted by molar-refractivity contribution is 7.85. The van der Waals surface area contributed by atoms with Crippen LogP contribution in [0.1, 0.15) is 42.6 Å². The molecule has 2 unspecified atom stereocenters. The van der Waals surface area contributed by atoms with Gasteiger partial charge in [0.15, 0.2) is 0 Å². The summed E-state index contributed by atoms with van der Waals surface area (Å²) in [4.78, 5) is 26.2. The summed E-state index contributed by atoms with van der Waals surface area (Å²) in [5.74, 6) is -0.846. The van der Waals surface area contributed by atoms with Crippen molar-refractivity contribution in [3.8, 4) is 11.3 Å². The van der Waals surface area contributed by atoms with E-state index >= 15 is 0 Å². The van der Waals surface area contributed by atoms with Crippen LogP contribution in [0.3, 0.4) is 0 Å². The number of halogens is 1. The summed E-state index contributed by atoms with van der Waals surface area (Å²) in [6, 6.07) is 22.0. The summed E-state index contributed by atoms with van der Waals surface area (Å²) in [6.07, 6.45) is 6.57. The van der Waals surface area contributed by atoms with E-state index in [1.165, 1.54) is 0 Å². The number of amides is 2. The van der Waals surface area contributed by atoms with Crippen molar-refractivity contribution in [2.24, 2.45) is 17.3 Å². The van der Waals surface area contributed by atoms with E-state index < -0.39 is 21.8 Å². The van der Waals surface area contributed by atoms with Gasteiger partial charge in [0.05, 0.1) is 16.5 Å². The van der Waals surface area contributed by atoms with Gasteiger partial charge >= 0.3 is 0 Å². The maximum absolute atomic E-state index is 13.8. The minimum Gasteiger partial charge on any atom is -0.456 e. The normalized spacial score (nSPS) is 16.9. The van der Waals surface area contributed by atoms with Crippen molar-refractivity contribution in [3.05, 3.63) is 101 Å². The third-order valence-electron chi connectivity index (χ3n) is 8.02. The van der Waals surface area contributed by atoms with Gasteiger partial charge < -0.3 is 15.1 Å². The Hall–Kier alpha value is -3.92. The summed E-state index contributed by atoms with van der Waals surface area (Å²) in [7, 11) is -4.16. The number of allylic oxidation sites excluding steroid dienone is 2. The van der Waals surface area contributed by atoms with Crippen LogP contribution in [0.25, 0.3) is 22.3 Å². The number of anilines is 1. The molecule has 2 amide bonds. The monoisotopic (exact) mass is 634 g/mol. The van der Waals surface area contributed by atoms with Gasteiger partial charge in [0.25, 0.3) is 16.0 Å². The lowest BCUT2D eigenvalue weighted by atomic mass is 9.73. The minimum absolute atomic E-state index is 0.0139. The number of hydrogen-bond acceptors (Lipinski definition) is 5. The molecule has 0 bridgehead atoms. The lowest BCUT2D eigenvalue weighted by Gasteiger charge is -2.32. The third kappa shape index (κ3) is 7.96. The van der Waals surface area contributed by atoms with Gasteiger partial charge in [-0.25, -0.2) is 0 Å². The van der Waals surface area contributed by atoms with Gasteiger partial charge in [-0.3, -0.25) is 14.1 Å². The van der Waals surface area contributed by atoms with Crippen LogP contribution < -0.4 is 10.6 Å². The van der Waals surface area contributed by atoms with Crippen molar-refractivity contribution in [1.82, 2.24) is 5.32 Å². The number of carbonyl (C=O) groups is 2. The van der Waals surface area contributed by atoms with E-state index in [0.29, 0.717) is 28.5 Å². The lowest BCUT2D eigenvalue weighted by molar-refractivity contribution is -0.121. The molecule has 1 aromatic heterocycles. The molecule has 0 aliphatic heterocycles. The molecule has 0 saturated carbocycles. The number of fused-ring (bicyclic) bond motifs is 1. The second-order valence-corrected chi connectivity index (χ2v) is 13.9. The molecule has 3 aromatic carbocycles. The Morgan fingerprint density at radius 3 is 2.48 bits per heavy atom. The molecule has 2 atom stereocenters. The number of carbonyl (C=O) groups excluding carboxylic acids is 2. The van der Waals surface area contributed by atoms with Gasteiger partial charge in [-0.2, -0.15) is 8.42 Å². The molecular weight excluding hydrogens is 600 g/mol. The van der Waals surface area contributed by atoms with Gasteiger partial charge in [-0.15, -0.1) is 0 Å². The molecule has 0 fully saturated rings. The maximum atomic E-state index is 13.8. The molecule has 0 spiro atoms. The zero-order valence-corrected chi connectivity index (χ0v) is 26.1. The molecule has 5 rings (SSSR count). The van der Waals surface area contributed by atoms with Crippen molar-refractivity contribution in [1.29, 1.82) is 0 Å². The lowest BCUT2D eigenvalue weighted by Crippen LogP contribution is -2.33. The number of nitrogens with one attached hydrogen (secondary N) is 2. The smallest absolute Gasteiger partial charge is 0.266 e. The van der Waals surface area contributed by atoms with Crippen LogP contribution in [0.15, 0.2) is 89.4 Å². The molecular formula is C34H35ClN2O6S. The Bertz CT molecular complexity index is 1780. The zero-order valence-electron chi connectivity index (χ0n) is 24.5. The van der Waals surface area contributed by atoms with Crippen molar-refractivity contribution in [3.63, 3.8) is 0 Å². The van der Waals surface area contributed by atoms with Gasteiger partial charge in [0.2, 0.25) is 5.91 Å². The fourth-order valence-electron chi connectivity index (χ4n) is 5.44. The van der Waals surface area contributed by atoms with E-state index in [-0.39, 0.29) is 29.7 Å². The fraction of sp³-hybridized carbons (Fsp3) is 0.294. The van der Waals surface area contributed by atoms with Gasteiger partial charge in [0.1, 0.15) is 11.3 Å². The number of rotatable bonds is 10. The minimum atomic E-state index is -4.16. The van der Waals surface area contributed by atoms with Gasteiger partial charge in [0, 0.05) is 29.0 Å². The predicted molar refractivity (Wildman–Crippen MR) is 173 cm³/mol. The van der Waals surface area contributed by atoms with Gasteiger partial charge in [-0.1, -0.05) is 67.9 Å². The first-order valence-corrected chi connectivity index (χ1v) is 16.5. The van der Waals surface area contributed by atoms with Crippen LogP contribution in [0.4, 0.5) is 5.69 Å². The molecule has 3 N–H and O–H groups in total. The maximum Gasteiger partial charge on any atom is 0.266 e. The summed E-state index contributed by atoms with van der Waals surface area (Å²) >= 11 is 6.66. The molecule has 0 radical (unpaired) electrons. The molecule has 1 aliphatic rings. The number of furan rings is 1. The molecule has 0 saturated heterocycles. The summed E-state index contributed by atoms with van der Waals surface area (Å²) in [5.41, 5.74) is 3.40. The van der Waals surface area contributed by atoms with E-state index in [9.17, 15) is 18.0 Å². The van der Waals surface area contributed by atoms with E-state index in [0.717, 1.165) is 34.9 Å². The van der Waals surface area contributed by atoms with Crippen molar-refractivity contribution in [2.75, 3.05) is 17.6 Å². The largest absolute Gasteiger partial charge is 0.456 e. The summed E-state index contributed by atoms with van der Waals surface area (Å²) < 4.78 is 36.7. The topological polar surface area (TPSA) is 126 Å². The Kier molecular flexibility index (Phi) is 9.29. The Morgan fingerprint density at radius 2 is 1.82 bits per heavy atom. The van der Waals surface area contributed by atoms with E-state index in [1.807, 2.05) is 36.4 Å². The van der Waals surface area contributed by atoms with E-state index in [2.05, 4.69) is 36.6 Å². The highest BCUT2D eigenvalue weighted by Gasteiger charge is 2.32. The van der Waals surface area contributed by atoms with Crippen LogP contribution in [-0.4, -0.2) is 37.1 Å². The van der Waals surface area contributed by atoms with Crippen LogP contribution >= 0.6 is 11.6 Å². The van der Waals surface area contributed by atoms with E-state index in [4.69, 9.17) is 20.6 Å². The summed E-state index contributed by atoms with van der Waals surface area (Å²) in [5, 5.41) is 6.92. The standard InChI is InChI=1S/C34H35ClN2O6S/c1-34(2)15-13-23(14-16-34)27(19-22-7-9-24(10-8-22)32(38)36-17-18-44(40,41)42)33(39)37-29-12-11-26(20-28(29)35)31-21-25-5-3-4-6-30(25)43-31/h3-13,15,20-21,23,27H,14,16-19H2,1-2H3,(H,36,38)(H,37,39)(H,40,41,42).